The topological polar surface area (TPSA) is 101 Å². The third kappa shape index (κ3) is 1.06. The minimum atomic E-state index is -2.60. The second kappa shape index (κ2) is 2.37. The Morgan fingerprint density at radius 2 is 1.70 bits per heavy atom. The third-order valence-corrected chi connectivity index (χ3v) is 0.902. The molecule has 0 saturated carbocycles. The maximum absolute atomic E-state index is 10.0. The van der Waals surface area contributed by atoms with Crippen molar-refractivity contribution in [2.45, 2.75) is 5.54 Å². The molecule has 0 fully saturated rings. The summed E-state index contributed by atoms with van der Waals surface area (Å²) in [4.78, 5) is 20.1. The summed E-state index contributed by atoms with van der Waals surface area (Å²) < 4.78 is 0. The van der Waals surface area contributed by atoms with E-state index in [9.17, 15) is 9.59 Å². The third-order valence-electron chi connectivity index (χ3n) is 0.902. The van der Waals surface area contributed by atoms with Crippen LogP contribution in [0.2, 0.25) is 0 Å². The lowest BCUT2D eigenvalue weighted by molar-refractivity contribution is -0.153. The summed E-state index contributed by atoms with van der Waals surface area (Å²) in [5, 5.41) is 16.3. The number of nitrogens with two attached hydrogens (primary N) is 1. The van der Waals surface area contributed by atoms with E-state index in [1.54, 1.807) is 0 Å². The van der Waals surface area contributed by atoms with Crippen molar-refractivity contribution in [3.8, 4) is 12.3 Å². The molecule has 0 aliphatic heterocycles. The number of carboxylic acid groups (broad SMARTS) is 2. The van der Waals surface area contributed by atoms with Crippen LogP contribution in [-0.4, -0.2) is 27.7 Å². The van der Waals surface area contributed by atoms with E-state index in [0.29, 0.717) is 0 Å². The number of carboxylic acids is 2. The van der Waals surface area contributed by atoms with Crippen molar-refractivity contribution in [2.24, 2.45) is 5.73 Å². The van der Waals surface area contributed by atoms with E-state index in [2.05, 4.69) is 6.42 Å². The minimum absolute atomic E-state index is 1.46. The predicted octanol–water partition coefficient (Wildman–Crippen LogP) is -1.51. The van der Waals surface area contributed by atoms with Crippen LogP contribution in [0.15, 0.2) is 0 Å². The van der Waals surface area contributed by atoms with Crippen LogP contribution < -0.4 is 5.73 Å². The maximum Gasteiger partial charge on any atom is 0.348 e. The Kier molecular flexibility index (Phi) is 2.01. The molecule has 0 spiro atoms. The van der Waals surface area contributed by atoms with Gasteiger partial charge in [-0.05, 0) is 0 Å². The molecule has 0 atom stereocenters. The molecule has 54 valence electrons. The zero-order valence-electron chi connectivity index (χ0n) is 4.87. The number of terminal acetylenes is 1. The molecule has 0 saturated heterocycles. The van der Waals surface area contributed by atoms with Crippen LogP contribution in [0.25, 0.3) is 0 Å². The van der Waals surface area contributed by atoms with Gasteiger partial charge in [0.25, 0.3) is 5.54 Å². The van der Waals surface area contributed by atoms with Crippen LogP contribution in [0.4, 0.5) is 0 Å². The smallest absolute Gasteiger partial charge is 0.348 e. The van der Waals surface area contributed by atoms with E-state index < -0.39 is 17.5 Å². The highest BCUT2D eigenvalue weighted by Crippen LogP contribution is 1.97. The van der Waals surface area contributed by atoms with Crippen LogP contribution in [0.5, 0.6) is 0 Å². The molecular formula is C5H5NO4. The predicted molar refractivity (Wildman–Crippen MR) is 31.0 cm³/mol. The zero-order chi connectivity index (χ0) is 8.36. The lowest BCUT2D eigenvalue weighted by Crippen LogP contribution is -2.53. The van der Waals surface area contributed by atoms with Crippen LogP contribution in [-0.2, 0) is 9.59 Å². The number of hydrogen-bond donors (Lipinski definition) is 3. The highest BCUT2D eigenvalue weighted by atomic mass is 16.4. The maximum atomic E-state index is 10.0. The number of rotatable bonds is 2. The van der Waals surface area contributed by atoms with Crippen molar-refractivity contribution in [3.63, 3.8) is 0 Å². The molecule has 4 N–H and O–H groups in total. The van der Waals surface area contributed by atoms with Crippen LogP contribution in [0, 0.1) is 12.3 Å². The number of aliphatic carboxylic acids is 2. The van der Waals surface area contributed by atoms with Crippen molar-refractivity contribution in [3.05, 3.63) is 0 Å². The van der Waals surface area contributed by atoms with E-state index in [4.69, 9.17) is 15.9 Å². The minimum Gasteiger partial charge on any atom is -0.479 e. The fraction of sp³-hybridized carbons (Fsp3) is 0.200. The van der Waals surface area contributed by atoms with Gasteiger partial charge in [-0.25, -0.2) is 9.59 Å². The van der Waals surface area contributed by atoms with Crippen LogP contribution >= 0.6 is 0 Å². The zero-order valence-corrected chi connectivity index (χ0v) is 4.87. The molecule has 0 heterocycles. The van der Waals surface area contributed by atoms with Crippen molar-refractivity contribution in [1.29, 1.82) is 0 Å². The van der Waals surface area contributed by atoms with Gasteiger partial charge >= 0.3 is 11.9 Å². The van der Waals surface area contributed by atoms with E-state index in [1.807, 2.05) is 0 Å². The summed E-state index contributed by atoms with van der Waals surface area (Å²) >= 11 is 0. The van der Waals surface area contributed by atoms with E-state index in [1.165, 1.54) is 5.92 Å². The van der Waals surface area contributed by atoms with Gasteiger partial charge in [0, 0.05) is 0 Å². The molecule has 0 aromatic heterocycles. The summed E-state index contributed by atoms with van der Waals surface area (Å²) in [6, 6.07) is 0. The number of hydrogen-bond acceptors (Lipinski definition) is 3. The summed E-state index contributed by atoms with van der Waals surface area (Å²) in [5.74, 6) is -2.04. The molecule has 0 unspecified atom stereocenters. The molecule has 0 rings (SSSR count). The van der Waals surface area contributed by atoms with Gasteiger partial charge in [-0.1, -0.05) is 5.92 Å². The summed E-state index contributed by atoms with van der Waals surface area (Å²) in [5.41, 5.74) is 2.15. The Labute approximate surface area is 56.4 Å². The lowest BCUT2D eigenvalue weighted by Gasteiger charge is -2.10. The molecule has 0 bridgehead atoms. The quantitative estimate of drug-likeness (QED) is 0.322. The van der Waals surface area contributed by atoms with Gasteiger partial charge in [0.15, 0.2) is 0 Å². The Hall–Kier alpha value is -1.54. The monoisotopic (exact) mass is 143 g/mol. The van der Waals surface area contributed by atoms with E-state index in [0.717, 1.165) is 0 Å². The van der Waals surface area contributed by atoms with Crippen LogP contribution in [0.1, 0.15) is 0 Å². The van der Waals surface area contributed by atoms with Crippen molar-refractivity contribution < 1.29 is 19.8 Å². The molecule has 0 radical (unpaired) electrons. The van der Waals surface area contributed by atoms with E-state index >= 15 is 0 Å². The molecule has 5 nitrogen and oxygen atoms in total. The van der Waals surface area contributed by atoms with Crippen LogP contribution in [0.3, 0.4) is 0 Å². The Balaban J connectivity index is 4.78. The summed E-state index contributed by atoms with van der Waals surface area (Å²) in [6.07, 6.45) is 4.57. The van der Waals surface area contributed by atoms with Crippen molar-refractivity contribution >= 4 is 11.9 Å². The highest BCUT2D eigenvalue weighted by Gasteiger charge is 2.40. The molecular weight excluding hydrogens is 138 g/mol. The first-order valence-corrected chi connectivity index (χ1v) is 2.18. The Morgan fingerprint density at radius 3 is 1.70 bits per heavy atom. The largest absolute Gasteiger partial charge is 0.479 e. The van der Waals surface area contributed by atoms with Crippen molar-refractivity contribution in [1.82, 2.24) is 0 Å². The molecule has 5 heteroatoms. The first-order valence-electron chi connectivity index (χ1n) is 2.18. The fourth-order valence-corrected chi connectivity index (χ4v) is 0.215. The summed E-state index contributed by atoms with van der Waals surface area (Å²) in [6.45, 7) is 0. The number of carbonyl (C=O) groups is 2. The van der Waals surface area contributed by atoms with Gasteiger partial charge in [0.1, 0.15) is 0 Å². The average Bonchev–Trinajstić information content (AvgIpc) is 1.85. The van der Waals surface area contributed by atoms with Gasteiger partial charge in [0.2, 0.25) is 0 Å². The van der Waals surface area contributed by atoms with Gasteiger partial charge in [-0.3, -0.25) is 5.73 Å². The lowest BCUT2D eigenvalue weighted by atomic mass is 10.0. The molecule has 0 amide bonds. The first kappa shape index (κ1) is 8.46. The SMILES string of the molecule is C#CC(N)(C(=O)O)C(=O)O. The molecule has 0 aliphatic carbocycles. The molecule has 10 heavy (non-hydrogen) atoms. The van der Waals surface area contributed by atoms with E-state index in [-0.39, 0.29) is 0 Å². The Bertz CT molecular complexity index is 200. The van der Waals surface area contributed by atoms with Gasteiger partial charge in [-0.15, -0.1) is 6.42 Å². The standard InChI is InChI=1S/C5H5NO4/c1-2-5(6,3(7)8)4(9)10/h1H,6H2,(H,7,8)(H,9,10). The van der Waals surface area contributed by atoms with Crippen molar-refractivity contribution in [2.75, 3.05) is 0 Å². The van der Waals surface area contributed by atoms with Gasteiger partial charge in [-0.2, -0.15) is 0 Å². The highest BCUT2D eigenvalue weighted by molar-refractivity contribution is 6.06. The molecule has 0 aliphatic rings. The van der Waals surface area contributed by atoms with Gasteiger partial charge in [0.05, 0.1) is 0 Å². The normalized spacial score (nSPS) is 10.0. The molecule has 0 aromatic rings. The molecule has 0 aromatic carbocycles. The second-order valence-electron chi connectivity index (χ2n) is 1.56. The Morgan fingerprint density at radius 1 is 1.40 bits per heavy atom. The second-order valence-corrected chi connectivity index (χ2v) is 1.56. The average molecular weight is 143 g/mol. The van der Waals surface area contributed by atoms with Gasteiger partial charge < -0.3 is 10.2 Å². The summed E-state index contributed by atoms with van der Waals surface area (Å²) in [7, 11) is 0. The fourth-order valence-electron chi connectivity index (χ4n) is 0.215. The first-order chi connectivity index (χ1) is 4.45.